The second kappa shape index (κ2) is 7.52. The highest BCUT2D eigenvalue weighted by Gasteiger charge is 2.16. The zero-order valence-corrected chi connectivity index (χ0v) is 15.2. The number of amides is 2. The van der Waals surface area contributed by atoms with Crippen molar-refractivity contribution in [3.8, 4) is 11.3 Å². The predicted molar refractivity (Wildman–Crippen MR) is 110 cm³/mol. The van der Waals surface area contributed by atoms with Crippen LogP contribution in [0.25, 0.3) is 22.2 Å². The van der Waals surface area contributed by atoms with Crippen molar-refractivity contribution in [2.45, 2.75) is 0 Å². The van der Waals surface area contributed by atoms with E-state index in [9.17, 15) is 14.0 Å². The summed E-state index contributed by atoms with van der Waals surface area (Å²) < 4.78 is 13.7. The van der Waals surface area contributed by atoms with Gasteiger partial charge in [0.15, 0.2) is 0 Å². The van der Waals surface area contributed by atoms with Gasteiger partial charge in [-0.2, -0.15) is 0 Å². The number of hydrogen-bond acceptors (Lipinski definition) is 3. The van der Waals surface area contributed by atoms with Crippen molar-refractivity contribution in [1.29, 1.82) is 0 Å². The maximum atomic E-state index is 13.7. The van der Waals surface area contributed by atoms with Crippen molar-refractivity contribution in [3.63, 3.8) is 0 Å². The molecular weight excluding hydrogens is 369 g/mol. The third-order valence-corrected chi connectivity index (χ3v) is 4.52. The minimum Gasteiger partial charge on any atom is -0.366 e. The number of anilines is 1. The number of halogens is 1. The first-order valence-corrected chi connectivity index (χ1v) is 8.89. The van der Waals surface area contributed by atoms with Crippen LogP contribution < -0.4 is 11.1 Å². The van der Waals surface area contributed by atoms with E-state index in [1.54, 1.807) is 6.07 Å². The zero-order valence-electron chi connectivity index (χ0n) is 15.2. The van der Waals surface area contributed by atoms with E-state index >= 15 is 0 Å². The summed E-state index contributed by atoms with van der Waals surface area (Å²) in [5, 5.41) is 3.39. The molecule has 4 aromatic rings. The second-order valence-corrected chi connectivity index (χ2v) is 6.45. The molecule has 0 aliphatic heterocycles. The van der Waals surface area contributed by atoms with Gasteiger partial charge >= 0.3 is 0 Å². The van der Waals surface area contributed by atoms with Gasteiger partial charge in [-0.05, 0) is 30.3 Å². The number of carbonyl (C=O) groups excluding carboxylic acids is 2. The molecule has 0 saturated carbocycles. The summed E-state index contributed by atoms with van der Waals surface area (Å²) in [7, 11) is 0. The second-order valence-electron chi connectivity index (χ2n) is 6.45. The van der Waals surface area contributed by atoms with Crippen molar-refractivity contribution >= 4 is 28.4 Å². The summed E-state index contributed by atoms with van der Waals surface area (Å²) in [6, 6.07) is 22.3. The number of aromatic nitrogens is 1. The molecule has 0 radical (unpaired) electrons. The topological polar surface area (TPSA) is 85.1 Å². The molecule has 2 amide bonds. The molecule has 0 fully saturated rings. The number of hydrogen-bond donors (Lipinski definition) is 2. The van der Waals surface area contributed by atoms with Crippen LogP contribution in [-0.2, 0) is 0 Å². The molecule has 6 heteroatoms. The lowest BCUT2D eigenvalue weighted by atomic mass is 10.0. The molecule has 3 N–H and O–H groups in total. The first-order valence-electron chi connectivity index (χ1n) is 8.89. The Kier molecular flexibility index (Phi) is 4.75. The fourth-order valence-corrected chi connectivity index (χ4v) is 3.11. The van der Waals surface area contributed by atoms with Gasteiger partial charge in [0, 0.05) is 16.6 Å². The molecule has 0 aliphatic carbocycles. The van der Waals surface area contributed by atoms with Gasteiger partial charge in [-0.15, -0.1) is 0 Å². The predicted octanol–water partition coefficient (Wildman–Crippen LogP) is 4.39. The SMILES string of the molecule is NC(=O)c1cc(NC(=O)c2cc(-c3ccccc3)nc3ccccc23)ccc1F. The number of fused-ring (bicyclic) bond motifs is 1. The van der Waals surface area contributed by atoms with E-state index in [1.807, 2.05) is 54.6 Å². The lowest BCUT2D eigenvalue weighted by molar-refractivity contribution is 0.0992. The number of rotatable bonds is 4. The molecule has 4 rings (SSSR count). The number of nitrogens with two attached hydrogens (primary N) is 1. The summed E-state index contributed by atoms with van der Waals surface area (Å²) in [6.07, 6.45) is 0. The fourth-order valence-electron chi connectivity index (χ4n) is 3.11. The maximum absolute atomic E-state index is 13.7. The quantitative estimate of drug-likeness (QED) is 0.546. The van der Waals surface area contributed by atoms with E-state index in [0.717, 1.165) is 11.6 Å². The van der Waals surface area contributed by atoms with Gasteiger partial charge in [0.05, 0.1) is 22.3 Å². The molecule has 1 aromatic heterocycles. The average Bonchev–Trinajstić information content (AvgIpc) is 2.74. The van der Waals surface area contributed by atoms with E-state index in [2.05, 4.69) is 10.3 Å². The number of nitrogens with zero attached hydrogens (tertiary/aromatic N) is 1. The van der Waals surface area contributed by atoms with Crippen molar-refractivity contribution in [1.82, 2.24) is 4.98 Å². The Morgan fingerprint density at radius 1 is 0.862 bits per heavy atom. The van der Waals surface area contributed by atoms with Gasteiger partial charge < -0.3 is 11.1 Å². The molecule has 0 bridgehead atoms. The number of pyridine rings is 1. The van der Waals surface area contributed by atoms with Crippen LogP contribution in [-0.4, -0.2) is 16.8 Å². The summed E-state index contributed by atoms with van der Waals surface area (Å²) >= 11 is 0. The normalized spacial score (nSPS) is 10.7. The van der Waals surface area contributed by atoms with Crippen LogP contribution in [0, 0.1) is 5.82 Å². The Balaban J connectivity index is 1.78. The molecule has 1 heterocycles. The van der Waals surface area contributed by atoms with Gasteiger partial charge in [0.2, 0.25) is 0 Å². The van der Waals surface area contributed by atoms with Crippen molar-refractivity contribution in [3.05, 3.63) is 95.8 Å². The van der Waals surface area contributed by atoms with Crippen molar-refractivity contribution < 1.29 is 14.0 Å². The Bertz CT molecular complexity index is 1240. The molecular formula is C23H16FN3O2. The Labute approximate surface area is 166 Å². The van der Waals surface area contributed by atoms with E-state index in [-0.39, 0.29) is 11.3 Å². The first-order chi connectivity index (χ1) is 14.0. The average molecular weight is 385 g/mol. The molecule has 0 saturated heterocycles. The van der Waals surface area contributed by atoms with Crippen LogP contribution in [0.3, 0.4) is 0 Å². The Morgan fingerprint density at radius 3 is 2.34 bits per heavy atom. The summed E-state index contributed by atoms with van der Waals surface area (Å²) in [4.78, 5) is 29.0. The highest BCUT2D eigenvalue weighted by atomic mass is 19.1. The van der Waals surface area contributed by atoms with Gasteiger partial charge in [0.1, 0.15) is 5.82 Å². The van der Waals surface area contributed by atoms with Crippen LogP contribution >= 0.6 is 0 Å². The number of benzene rings is 3. The standard InChI is InChI=1S/C23H16FN3O2/c24-19-11-10-15(12-18(19)22(25)28)26-23(29)17-13-21(14-6-2-1-3-7-14)27-20-9-5-4-8-16(17)20/h1-13H,(H2,25,28)(H,26,29). The van der Waals surface area contributed by atoms with E-state index < -0.39 is 17.6 Å². The summed E-state index contributed by atoms with van der Waals surface area (Å²) in [5.74, 6) is -2.04. The fraction of sp³-hybridized carbons (Fsp3) is 0. The van der Waals surface area contributed by atoms with E-state index in [1.165, 1.54) is 12.1 Å². The van der Waals surface area contributed by atoms with Gasteiger partial charge in [-0.1, -0.05) is 48.5 Å². The lowest BCUT2D eigenvalue weighted by Gasteiger charge is -2.11. The molecule has 142 valence electrons. The van der Waals surface area contributed by atoms with Crippen molar-refractivity contribution in [2.75, 3.05) is 5.32 Å². The van der Waals surface area contributed by atoms with E-state index in [4.69, 9.17) is 5.73 Å². The minimum absolute atomic E-state index is 0.271. The van der Waals surface area contributed by atoms with Crippen molar-refractivity contribution in [2.24, 2.45) is 5.73 Å². The highest BCUT2D eigenvalue weighted by molar-refractivity contribution is 6.13. The Morgan fingerprint density at radius 2 is 1.59 bits per heavy atom. The molecule has 0 aliphatic rings. The van der Waals surface area contributed by atoms with Gasteiger partial charge in [-0.3, -0.25) is 9.59 Å². The largest absolute Gasteiger partial charge is 0.366 e. The minimum atomic E-state index is -0.903. The number of carbonyl (C=O) groups is 2. The zero-order chi connectivity index (χ0) is 20.4. The first kappa shape index (κ1) is 18.3. The molecule has 3 aromatic carbocycles. The number of nitrogens with one attached hydrogen (secondary N) is 1. The number of para-hydroxylation sites is 1. The third kappa shape index (κ3) is 3.68. The highest BCUT2D eigenvalue weighted by Crippen LogP contribution is 2.26. The molecule has 0 spiro atoms. The number of primary amides is 1. The maximum Gasteiger partial charge on any atom is 0.256 e. The Hall–Kier alpha value is -4.06. The van der Waals surface area contributed by atoms with E-state index in [0.29, 0.717) is 22.2 Å². The van der Waals surface area contributed by atoms with Crippen LogP contribution in [0.1, 0.15) is 20.7 Å². The molecule has 0 atom stereocenters. The third-order valence-electron chi connectivity index (χ3n) is 4.52. The molecule has 0 unspecified atom stereocenters. The van der Waals surface area contributed by atoms with Gasteiger partial charge in [0.25, 0.3) is 11.8 Å². The molecule has 5 nitrogen and oxygen atoms in total. The van der Waals surface area contributed by atoms with Crippen LogP contribution in [0.2, 0.25) is 0 Å². The monoisotopic (exact) mass is 385 g/mol. The van der Waals surface area contributed by atoms with Gasteiger partial charge in [-0.25, -0.2) is 9.37 Å². The lowest BCUT2D eigenvalue weighted by Crippen LogP contribution is -2.16. The molecule has 29 heavy (non-hydrogen) atoms. The van der Waals surface area contributed by atoms with Crippen LogP contribution in [0.5, 0.6) is 0 Å². The summed E-state index contributed by atoms with van der Waals surface area (Å²) in [6.45, 7) is 0. The van der Waals surface area contributed by atoms with Crippen LogP contribution in [0.15, 0.2) is 78.9 Å². The smallest absolute Gasteiger partial charge is 0.256 e. The van der Waals surface area contributed by atoms with Crippen LogP contribution in [0.4, 0.5) is 10.1 Å². The summed E-state index contributed by atoms with van der Waals surface area (Å²) in [5.41, 5.74) is 7.80.